The van der Waals surface area contributed by atoms with Crippen molar-refractivity contribution < 1.29 is 19.7 Å². The first-order valence-electron chi connectivity index (χ1n) is 9.43. The van der Waals surface area contributed by atoms with Gasteiger partial charge in [0.2, 0.25) is 0 Å². The van der Waals surface area contributed by atoms with Gasteiger partial charge in [-0.05, 0) is 64.8 Å². The molecule has 0 radical (unpaired) electrons. The Labute approximate surface area is 156 Å². The molecule has 1 atom stereocenters. The lowest BCUT2D eigenvalue weighted by atomic mass is 10.0. The van der Waals surface area contributed by atoms with Crippen LogP contribution < -0.4 is 5.32 Å². The van der Waals surface area contributed by atoms with E-state index in [4.69, 9.17) is 4.74 Å². The zero-order chi connectivity index (χ0) is 19.2. The molecule has 1 aromatic carbocycles. The Morgan fingerprint density at radius 1 is 1.27 bits per heavy atom. The molecule has 0 bridgehead atoms. The van der Waals surface area contributed by atoms with Crippen LogP contribution in [0, 0.1) is 0 Å². The van der Waals surface area contributed by atoms with Crippen LogP contribution in [0.5, 0.6) is 5.75 Å². The fourth-order valence-electron chi connectivity index (χ4n) is 3.24. The minimum absolute atomic E-state index is 0.102. The number of hydrogen-bond acceptors (Lipinski definition) is 5. The summed E-state index contributed by atoms with van der Waals surface area (Å²) in [7, 11) is 0. The maximum Gasteiger partial charge on any atom is 0.408 e. The number of nitrogens with zero attached hydrogens (tertiary/aromatic N) is 1. The molecular weight excluding hydrogens is 332 g/mol. The van der Waals surface area contributed by atoms with Gasteiger partial charge in [0.25, 0.3) is 0 Å². The highest BCUT2D eigenvalue weighted by Gasteiger charge is 2.22. The molecule has 0 spiro atoms. The number of phenols is 1. The van der Waals surface area contributed by atoms with Crippen molar-refractivity contribution in [2.24, 2.45) is 0 Å². The Morgan fingerprint density at radius 2 is 1.96 bits per heavy atom. The second-order valence-electron chi connectivity index (χ2n) is 7.94. The van der Waals surface area contributed by atoms with Crippen molar-refractivity contribution in [1.82, 2.24) is 10.2 Å². The van der Waals surface area contributed by atoms with E-state index in [-0.39, 0.29) is 12.4 Å². The van der Waals surface area contributed by atoms with E-state index in [2.05, 4.69) is 10.2 Å². The van der Waals surface area contributed by atoms with Gasteiger partial charge in [0.15, 0.2) is 0 Å². The number of aliphatic hydroxyl groups is 1. The molecule has 6 heteroatoms. The first kappa shape index (κ1) is 20.5. The van der Waals surface area contributed by atoms with Gasteiger partial charge in [0.1, 0.15) is 11.4 Å². The van der Waals surface area contributed by atoms with Crippen LogP contribution in [0.25, 0.3) is 0 Å². The molecule has 1 aliphatic rings. The maximum absolute atomic E-state index is 12.1. The third-order valence-corrected chi connectivity index (χ3v) is 4.43. The van der Waals surface area contributed by atoms with Gasteiger partial charge in [0, 0.05) is 18.7 Å². The zero-order valence-electron chi connectivity index (χ0n) is 16.1. The standard InChI is InChI=1S/C20H32N2O4/c1-20(2,3)26-19(25)21-17(9-12-23)16-8-7-15(13-18(16)24)14-22-10-5-4-6-11-22/h7-8,13,17,23-24H,4-6,9-12,14H2,1-3H3,(H,21,25)/t17-/m1/s1. The normalized spacial score (nSPS) is 16.9. The van der Waals surface area contributed by atoms with Crippen molar-refractivity contribution in [2.75, 3.05) is 19.7 Å². The van der Waals surface area contributed by atoms with Crippen LogP contribution in [0.1, 0.15) is 63.6 Å². The second kappa shape index (κ2) is 9.24. The average molecular weight is 364 g/mol. The number of amides is 1. The second-order valence-corrected chi connectivity index (χ2v) is 7.94. The topological polar surface area (TPSA) is 82.0 Å². The van der Waals surface area contributed by atoms with Crippen LogP contribution in [0.3, 0.4) is 0 Å². The number of aliphatic hydroxyl groups excluding tert-OH is 1. The van der Waals surface area contributed by atoms with E-state index >= 15 is 0 Å². The fraction of sp³-hybridized carbons (Fsp3) is 0.650. The van der Waals surface area contributed by atoms with Gasteiger partial charge >= 0.3 is 6.09 Å². The number of aromatic hydroxyl groups is 1. The highest BCUT2D eigenvalue weighted by molar-refractivity contribution is 5.68. The minimum Gasteiger partial charge on any atom is -0.508 e. The molecule has 1 amide bonds. The molecule has 6 nitrogen and oxygen atoms in total. The first-order valence-corrected chi connectivity index (χ1v) is 9.43. The Morgan fingerprint density at radius 3 is 2.54 bits per heavy atom. The SMILES string of the molecule is CC(C)(C)OC(=O)N[C@H](CCO)c1ccc(CN2CCCCC2)cc1O. The molecule has 1 aromatic rings. The zero-order valence-corrected chi connectivity index (χ0v) is 16.1. The minimum atomic E-state index is -0.603. The van der Waals surface area contributed by atoms with E-state index in [9.17, 15) is 15.0 Å². The molecule has 1 heterocycles. The van der Waals surface area contributed by atoms with E-state index in [1.165, 1.54) is 19.3 Å². The van der Waals surface area contributed by atoms with E-state index in [0.29, 0.717) is 12.0 Å². The number of hydrogen-bond donors (Lipinski definition) is 3. The summed E-state index contributed by atoms with van der Waals surface area (Å²) in [6, 6.07) is 5.06. The molecule has 0 unspecified atom stereocenters. The smallest absolute Gasteiger partial charge is 0.408 e. The summed E-state index contributed by atoms with van der Waals surface area (Å²) in [5.74, 6) is 0.133. The molecule has 26 heavy (non-hydrogen) atoms. The molecule has 1 saturated heterocycles. The van der Waals surface area contributed by atoms with Gasteiger partial charge in [-0.3, -0.25) is 4.90 Å². The summed E-state index contributed by atoms with van der Waals surface area (Å²) >= 11 is 0. The molecule has 0 aromatic heterocycles. The number of rotatable bonds is 6. The van der Waals surface area contributed by atoms with Gasteiger partial charge in [-0.25, -0.2) is 4.79 Å². The highest BCUT2D eigenvalue weighted by atomic mass is 16.6. The summed E-state index contributed by atoms with van der Waals surface area (Å²) in [5, 5.41) is 22.5. The number of alkyl carbamates (subject to hydrolysis) is 1. The largest absolute Gasteiger partial charge is 0.508 e. The van der Waals surface area contributed by atoms with Crippen molar-refractivity contribution in [3.8, 4) is 5.75 Å². The summed E-state index contributed by atoms with van der Waals surface area (Å²) in [6.07, 6.45) is 3.48. The molecule has 0 saturated carbocycles. The molecule has 146 valence electrons. The van der Waals surface area contributed by atoms with E-state index in [1.54, 1.807) is 26.8 Å². The highest BCUT2D eigenvalue weighted by Crippen LogP contribution is 2.28. The fourth-order valence-corrected chi connectivity index (χ4v) is 3.24. The number of nitrogens with one attached hydrogen (secondary N) is 1. The molecule has 3 N–H and O–H groups in total. The van der Waals surface area contributed by atoms with Gasteiger partial charge in [-0.1, -0.05) is 18.6 Å². The average Bonchev–Trinajstić information content (AvgIpc) is 2.54. The van der Waals surface area contributed by atoms with Crippen molar-refractivity contribution in [3.63, 3.8) is 0 Å². The van der Waals surface area contributed by atoms with Crippen molar-refractivity contribution in [1.29, 1.82) is 0 Å². The summed E-state index contributed by atoms with van der Waals surface area (Å²) in [6.45, 7) is 8.28. The van der Waals surface area contributed by atoms with Gasteiger partial charge in [-0.15, -0.1) is 0 Å². The molecule has 1 aliphatic heterocycles. The predicted octanol–water partition coefficient (Wildman–Crippen LogP) is 3.33. The van der Waals surface area contributed by atoms with Crippen LogP contribution in [-0.2, 0) is 11.3 Å². The van der Waals surface area contributed by atoms with Gasteiger partial charge in [-0.2, -0.15) is 0 Å². The number of ether oxygens (including phenoxy) is 1. The lowest BCUT2D eigenvalue weighted by Gasteiger charge is -2.27. The van der Waals surface area contributed by atoms with E-state index in [0.717, 1.165) is 25.2 Å². The number of carbonyl (C=O) groups is 1. The Bertz CT molecular complexity index is 592. The number of piperidine rings is 1. The van der Waals surface area contributed by atoms with Crippen LogP contribution >= 0.6 is 0 Å². The van der Waals surface area contributed by atoms with Crippen LogP contribution in [0.4, 0.5) is 4.79 Å². The first-order chi connectivity index (χ1) is 12.3. The third-order valence-electron chi connectivity index (χ3n) is 4.43. The van der Waals surface area contributed by atoms with Crippen molar-refractivity contribution in [2.45, 2.75) is 64.6 Å². The number of likely N-dealkylation sites (tertiary alicyclic amines) is 1. The maximum atomic E-state index is 12.1. The number of benzene rings is 1. The van der Waals surface area contributed by atoms with E-state index < -0.39 is 17.7 Å². The van der Waals surface area contributed by atoms with Crippen LogP contribution in [0.15, 0.2) is 18.2 Å². The number of phenolic OH excluding ortho intramolecular Hbond substituents is 1. The molecular formula is C20H32N2O4. The molecule has 2 rings (SSSR count). The predicted molar refractivity (Wildman–Crippen MR) is 101 cm³/mol. The van der Waals surface area contributed by atoms with Crippen molar-refractivity contribution in [3.05, 3.63) is 29.3 Å². The third kappa shape index (κ3) is 6.50. The van der Waals surface area contributed by atoms with Crippen LogP contribution in [-0.4, -0.2) is 46.5 Å². The van der Waals surface area contributed by atoms with Gasteiger partial charge < -0.3 is 20.3 Å². The molecule has 0 aliphatic carbocycles. The number of carbonyl (C=O) groups excluding carboxylic acids is 1. The Balaban J connectivity index is 2.06. The van der Waals surface area contributed by atoms with Crippen molar-refractivity contribution >= 4 is 6.09 Å². The lowest BCUT2D eigenvalue weighted by Crippen LogP contribution is -2.35. The lowest BCUT2D eigenvalue weighted by molar-refractivity contribution is 0.0496. The quantitative estimate of drug-likeness (QED) is 0.721. The van der Waals surface area contributed by atoms with Gasteiger partial charge in [0.05, 0.1) is 6.04 Å². The summed E-state index contributed by atoms with van der Waals surface area (Å²) < 4.78 is 5.28. The monoisotopic (exact) mass is 364 g/mol. The van der Waals surface area contributed by atoms with E-state index in [1.807, 2.05) is 12.1 Å². The Kier molecular flexibility index (Phi) is 7.29. The van der Waals surface area contributed by atoms with Crippen LogP contribution in [0.2, 0.25) is 0 Å². The Hall–Kier alpha value is -1.79. The summed E-state index contributed by atoms with van der Waals surface area (Å²) in [5.41, 5.74) is 1.04. The summed E-state index contributed by atoms with van der Waals surface area (Å²) in [4.78, 5) is 14.4. The molecule has 1 fully saturated rings.